The van der Waals surface area contributed by atoms with E-state index in [9.17, 15) is 9.59 Å². The first-order valence-corrected chi connectivity index (χ1v) is 12.1. The quantitative estimate of drug-likeness (QED) is 0.463. The number of nitrogens with one attached hydrogen (secondary N) is 1. The van der Waals surface area contributed by atoms with E-state index in [-0.39, 0.29) is 17.7 Å². The van der Waals surface area contributed by atoms with Crippen LogP contribution in [0.1, 0.15) is 47.8 Å². The highest BCUT2D eigenvalue weighted by Gasteiger charge is 2.36. The molecular weight excluding hydrogens is 458 g/mol. The molecule has 1 saturated carbocycles. The van der Waals surface area contributed by atoms with Gasteiger partial charge in [0.25, 0.3) is 5.91 Å². The van der Waals surface area contributed by atoms with Crippen LogP contribution in [-0.4, -0.2) is 46.2 Å². The molecule has 1 fully saturated rings. The summed E-state index contributed by atoms with van der Waals surface area (Å²) in [6, 6.07) is 15.2. The van der Waals surface area contributed by atoms with Crippen LogP contribution in [0.3, 0.4) is 0 Å². The Labute approximate surface area is 211 Å². The van der Waals surface area contributed by atoms with Gasteiger partial charge in [-0.2, -0.15) is 0 Å². The Hall–Kier alpha value is -3.94. The second-order valence-corrected chi connectivity index (χ2v) is 9.10. The molecule has 1 N–H and O–H groups in total. The minimum Gasteiger partial charge on any atom is -0.497 e. The highest BCUT2D eigenvalue weighted by Crippen LogP contribution is 2.36. The molecule has 2 amide bonds. The van der Waals surface area contributed by atoms with Crippen molar-refractivity contribution in [1.82, 2.24) is 5.32 Å². The number of methoxy groups -OCH3 is 2. The Morgan fingerprint density at radius 2 is 1.58 bits per heavy atom. The van der Waals surface area contributed by atoms with Gasteiger partial charge in [-0.05, 0) is 42.7 Å². The van der Waals surface area contributed by atoms with E-state index in [1.54, 1.807) is 44.6 Å². The van der Waals surface area contributed by atoms with Crippen molar-refractivity contribution in [2.45, 2.75) is 37.8 Å². The molecule has 1 aromatic heterocycles. The molecule has 0 aliphatic heterocycles. The van der Waals surface area contributed by atoms with E-state index in [1.807, 2.05) is 43.3 Å². The molecule has 1 heterocycles. The van der Waals surface area contributed by atoms with E-state index in [0.717, 1.165) is 31.4 Å². The second kappa shape index (κ2) is 11.2. The Bertz CT molecular complexity index is 1150. The number of benzene rings is 2. The van der Waals surface area contributed by atoms with Gasteiger partial charge in [0, 0.05) is 44.0 Å². The zero-order valence-electron chi connectivity index (χ0n) is 21.2. The predicted octanol–water partition coefficient (Wildman–Crippen LogP) is 4.81. The summed E-state index contributed by atoms with van der Waals surface area (Å²) in [4.78, 5) is 31.2. The zero-order chi connectivity index (χ0) is 25.7. The molecule has 0 spiro atoms. The van der Waals surface area contributed by atoms with Crippen molar-refractivity contribution < 1.29 is 23.5 Å². The van der Waals surface area contributed by atoms with Crippen LogP contribution >= 0.6 is 0 Å². The molecular formula is C28H33N3O5. The first kappa shape index (κ1) is 25.2. The molecule has 3 aromatic rings. The summed E-state index contributed by atoms with van der Waals surface area (Å²) in [5.41, 5.74) is 2.12. The molecule has 0 unspecified atom stereocenters. The maximum absolute atomic E-state index is 13.9. The van der Waals surface area contributed by atoms with Gasteiger partial charge in [0.15, 0.2) is 5.76 Å². The molecule has 1 aliphatic carbocycles. The number of ether oxygens (including phenoxy) is 2. The largest absolute Gasteiger partial charge is 0.497 e. The topological polar surface area (TPSA) is 84.2 Å². The molecule has 8 heteroatoms. The second-order valence-electron chi connectivity index (χ2n) is 9.10. The fourth-order valence-corrected chi connectivity index (χ4v) is 4.56. The van der Waals surface area contributed by atoms with E-state index >= 15 is 0 Å². The van der Waals surface area contributed by atoms with Crippen molar-refractivity contribution in [3.05, 3.63) is 72.2 Å². The van der Waals surface area contributed by atoms with Gasteiger partial charge >= 0.3 is 0 Å². The highest BCUT2D eigenvalue weighted by molar-refractivity contribution is 6.09. The molecule has 4 rings (SSSR count). The number of nitrogens with zero attached hydrogens (tertiary/aromatic N) is 2. The lowest BCUT2D eigenvalue weighted by atomic mass is 10.0. The maximum Gasteiger partial charge on any atom is 0.294 e. The third-order valence-electron chi connectivity index (χ3n) is 6.50. The lowest BCUT2D eigenvalue weighted by molar-refractivity contribution is -0.123. The standard InChI is InChI=1S/C28H33N3O5/c1-30(2)21-13-11-19(12-14-21)26(27(32)29-20-8-5-6-9-20)31(28(33)25-10-7-15-36-25)22-16-23(34-3)18-24(17-22)35-4/h7,10-18,20,26H,5-6,8-9H2,1-4H3,(H,29,32)/t26-/m1/s1. The first-order valence-electron chi connectivity index (χ1n) is 12.1. The monoisotopic (exact) mass is 491 g/mol. The number of anilines is 2. The number of amides is 2. The van der Waals surface area contributed by atoms with E-state index in [2.05, 4.69) is 5.32 Å². The Kier molecular flexibility index (Phi) is 7.83. The van der Waals surface area contributed by atoms with Gasteiger partial charge in [0.05, 0.1) is 26.2 Å². The number of furan rings is 1. The maximum atomic E-state index is 13.9. The summed E-state index contributed by atoms with van der Waals surface area (Å²) in [5.74, 6) is 0.430. The molecule has 1 aliphatic rings. The molecule has 190 valence electrons. The first-order chi connectivity index (χ1) is 17.4. The summed E-state index contributed by atoms with van der Waals surface area (Å²) in [6.45, 7) is 0. The zero-order valence-corrected chi connectivity index (χ0v) is 21.2. The van der Waals surface area contributed by atoms with Crippen molar-refractivity contribution in [1.29, 1.82) is 0 Å². The fourth-order valence-electron chi connectivity index (χ4n) is 4.56. The van der Waals surface area contributed by atoms with Crippen LogP contribution in [0.5, 0.6) is 11.5 Å². The number of rotatable bonds is 9. The fraction of sp³-hybridized carbons (Fsp3) is 0.357. The summed E-state index contributed by atoms with van der Waals surface area (Å²) >= 11 is 0. The van der Waals surface area contributed by atoms with Gasteiger partial charge in [0.2, 0.25) is 5.91 Å². The van der Waals surface area contributed by atoms with Crippen LogP contribution in [0.2, 0.25) is 0 Å². The molecule has 8 nitrogen and oxygen atoms in total. The van der Waals surface area contributed by atoms with Crippen molar-refractivity contribution in [3.63, 3.8) is 0 Å². The van der Waals surface area contributed by atoms with Crippen LogP contribution in [0.4, 0.5) is 11.4 Å². The number of carbonyl (C=O) groups is 2. The van der Waals surface area contributed by atoms with Crippen molar-refractivity contribution in [2.24, 2.45) is 0 Å². The molecule has 0 saturated heterocycles. The summed E-state index contributed by atoms with van der Waals surface area (Å²) in [5, 5.41) is 3.19. The Balaban J connectivity index is 1.86. The van der Waals surface area contributed by atoms with Crippen LogP contribution in [0.15, 0.2) is 65.3 Å². The average molecular weight is 492 g/mol. The van der Waals surface area contributed by atoms with E-state index in [0.29, 0.717) is 22.7 Å². The summed E-state index contributed by atoms with van der Waals surface area (Å²) in [6.07, 6.45) is 5.45. The molecule has 36 heavy (non-hydrogen) atoms. The third kappa shape index (κ3) is 5.48. The van der Waals surface area contributed by atoms with Crippen LogP contribution < -0.4 is 24.6 Å². The molecule has 2 aromatic carbocycles. The lowest BCUT2D eigenvalue weighted by Crippen LogP contribution is -2.46. The van der Waals surface area contributed by atoms with Crippen molar-refractivity contribution in [3.8, 4) is 11.5 Å². The number of carbonyl (C=O) groups excluding carboxylic acids is 2. The highest BCUT2D eigenvalue weighted by atomic mass is 16.5. The van der Waals surface area contributed by atoms with E-state index in [4.69, 9.17) is 13.9 Å². The normalized spacial score (nSPS) is 14.2. The third-order valence-corrected chi connectivity index (χ3v) is 6.50. The molecule has 0 bridgehead atoms. The van der Waals surface area contributed by atoms with E-state index in [1.165, 1.54) is 11.2 Å². The smallest absolute Gasteiger partial charge is 0.294 e. The van der Waals surface area contributed by atoms with Crippen molar-refractivity contribution >= 4 is 23.2 Å². The lowest BCUT2D eigenvalue weighted by Gasteiger charge is -2.32. The predicted molar refractivity (Wildman–Crippen MR) is 139 cm³/mol. The Morgan fingerprint density at radius 1 is 0.944 bits per heavy atom. The average Bonchev–Trinajstić information content (AvgIpc) is 3.61. The minimum atomic E-state index is -0.948. The molecule has 0 radical (unpaired) electrons. The van der Waals surface area contributed by atoms with Crippen molar-refractivity contribution in [2.75, 3.05) is 38.1 Å². The van der Waals surface area contributed by atoms with Crippen LogP contribution in [0, 0.1) is 0 Å². The van der Waals surface area contributed by atoms with Gasteiger partial charge in [-0.3, -0.25) is 14.5 Å². The summed E-state index contributed by atoms with van der Waals surface area (Å²) in [7, 11) is 6.99. The van der Waals surface area contributed by atoms with Gasteiger partial charge in [-0.15, -0.1) is 0 Å². The SMILES string of the molecule is COc1cc(OC)cc(N(C(=O)c2ccco2)[C@@H](C(=O)NC2CCCC2)c2ccc(N(C)C)cc2)c1. The van der Waals surface area contributed by atoms with Gasteiger partial charge in [0.1, 0.15) is 17.5 Å². The van der Waals surface area contributed by atoms with Gasteiger partial charge in [-0.1, -0.05) is 25.0 Å². The molecule has 1 atom stereocenters. The summed E-state index contributed by atoms with van der Waals surface area (Å²) < 4.78 is 16.4. The number of hydrogen-bond donors (Lipinski definition) is 1. The van der Waals surface area contributed by atoms with E-state index < -0.39 is 11.9 Å². The Morgan fingerprint density at radius 3 is 2.11 bits per heavy atom. The van der Waals surface area contributed by atoms with Gasteiger partial charge < -0.3 is 24.1 Å². The van der Waals surface area contributed by atoms with Gasteiger partial charge in [-0.25, -0.2) is 0 Å². The van der Waals surface area contributed by atoms with Crippen LogP contribution in [-0.2, 0) is 4.79 Å². The minimum absolute atomic E-state index is 0.0847. The number of hydrogen-bond acceptors (Lipinski definition) is 6. The van der Waals surface area contributed by atoms with Crippen LogP contribution in [0.25, 0.3) is 0 Å².